The van der Waals surface area contributed by atoms with Crippen LogP contribution in [0.4, 0.5) is 0 Å². The molecule has 0 amide bonds. The molecule has 1 heterocycles. The van der Waals surface area contributed by atoms with Gasteiger partial charge in [-0.05, 0) is 33.1 Å². The van der Waals surface area contributed by atoms with E-state index < -0.39 is 5.60 Å². The van der Waals surface area contributed by atoms with Gasteiger partial charge in [0.1, 0.15) is 0 Å². The van der Waals surface area contributed by atoms with Crippen molar-refractivity contribution in [3.05, 3.63) is 0 Å². The molecule has 2 atom stereocenters. The zero-order chi connectivity index (χ0) is 16.5. The molecule has 2 aliphatic rings. The van der Waals surface area contributed by atoms with Crippen LogP contribution >= 0.6 is 24.0 Å². The summed E-state index contributed by atoms with van der Waals surface area (Å²) in [6.07, 6.45) is 6.35. The molecule has 6 nitrogen and oxygen atoms in total. The van der Waals surface area contributed by atoms with E-state index in [1.54, 1.807) is 0 Å². The molecule has 0 aromatic rings. The van der Waals surface area contributed by atoms with Crippen LogP contribution in [-0.2, 0) is 9.47 Å². The minimum Gasteiger partial charge on any atom is -0.388 e. The normalized spacial score (nSPS) is 25.0. The zero-order valence-electron chi connectivity index (χ0n) is 15.1. The first kappa shape index (κ1) is 21.9. The Hall–Kier alpha value is -0.120. The van der Waals surface area contributed by atoms with Crippen molar-refractivity contribution in [1.29, 1.82) is 0 Å². The first-order valence-electron chi connectivity index (χ1n) is 9.08. The van der Waals surface area contributed by atoms with Crippen molar-refractivity contribution in [2.75, 3.05) is 32.9 Å². The molecule has 1 saturated heterocycles. The number of hydrogen-bond donors (Lipinski definition) is 3. The van der Waals surface area contributed by atoms with Gasteiger partial charge in [0.25, 0.3) is 0 Å². The van der Waals surface area contributed by atoms with Crippen LogP contribution in [-0.4, -0.2) is 61.7 Å². The van der Waals surface area contributed by atoms with E-state index in [9.17, 15) is 5.11 Å². The van der Waals surface area contributed by atoms with Gasteiger partial charge in [-0.2, -0.15) is 0 Å². The summed E-state index contributed by atoms with van der Waals surface area (Å²) in [5.41, 5.74) is -0.623. The summed E-state index contributed by atoms with van der Waals surface area (Å²) in [4.78, 5) is 4.59. The van der Waals surface area contributed by atoms with Gasteiger partial charge < -0.3 is 25.2 Å². The molecule has 1 aliphatic heterocycles. The van der Waals surface area contributed by atoms with E-state index in [2.05, 4.69) is 22.5 Å². The van der Waals surface area contributed by atoms with Crippen molar-refractivity contribution in [1.82, 2.24) is 10.6 Å². The number of aliphatic hydroxyl groups is 1. The number of halogens is 1. The topological polar surface area (TPSA) is 75.1 Å². The van der Waals surface area contributed by atoms with E-state index in [4.69, 9.17) is 9.47 Å². The Morgan fingerprint density at radius 3 is 2.75 bits per heavy atom. The predicted molar refractivity (Wildman–Crippen MR) is 107 cm³/mol. The lowest BCUT2D eigenvalue weighted by Crippen LogP contribution is -2.46. The summed E-state index contributed by atoms with van der Waals surface area (Å²) < 4.78 is 11.2. The molecule has 142 valence electrons. The SMILES string of the molecule is CCNC(=NCC1(O)CCCCC1)NC(C)COC1CCOC1.I. The molecule has 1 saturated carbocycles. The van der Waals surface area contributed by atoms with Crippen LogP contribution in [0.3, 0.4) is 0 Å². The summed E-state index contributed by atoms with van der Waals surface area (Å²) in [6, 6.07) is 0.161. The van der Waals surface area contributed by atoms with Crippen LogP contribution in [0.5, 0.6) is 0 Å². The smallest absolute Gasteiger partial charge is 0.191 e. The predicted octanol–water partition coefficient (Wildman–Crippen LogP) is 2.05. The maximum absolute atomic E-state index is 10.6. The number of nitrogens with one attached hydrogen (secondary N) is 2. The van der Waals surface area contributed by atoms with E-state index in [0.29, 0.717) is 19.8 Å². The van der Waals surface area contributed by atoms with Crippen LogP contribution in [0.2, 0.25) is 0 Å². The van der Waals surface area contributed by atoms with Gasteiger partial charge in [-0.15, -0.1) is 24.0 Å². The lowest BCUT2D eigenvalue weighted by molar-refractivity contribution is 0.0130. The first-order valence-corrected chi connectivity index (χ1v) is 9.08. The van der Waals surface area contributed by atoms with Crippen LogP contribution < -0.4 is 10.6 Å². The second-order valence-electron chi connectivity index (χ2n) is 6.84. The number of ether oxygens (including phenoxy) is 2. The summed E-state index contributed by atoms with van der Waals surface area (Å²) in [5, 5.41) is 17.2. The molecule has 7 heteroatoms. The molecule has 0 radical (unpaired) electrons. The minimum absolute atomic E-state index is 0. The van der Waals surface area contributed by atoms with Gasteiger partial charge in [0.05, 0.1) is 31.5 Å². The highest BCUT2D eigenvalue weighted by Crippen LogP contribution is 2.28. The van der Waals surface area contributed by atoms with Gasteiger partial charge in [0.15, 0.2) is 5.96 Å². The Morgan fingerprint density at radius 1 is 1.38 bits per heavy atom. The van der Waals surface area contributed by atoms with Crippen LogP contribution in [0.15, 0.2) is 4.99 Å². The van der Waals surface area contributed by atoms with Gasteiger partial charge in [-0.1, -0.05) is 19.3 Å². The molecule has 0 bridgehead atoms. The molecule has 2 unspecified atom stereocenters. The zero-order valence-corrected chi connectivity index (χ0v) is 17.4. The highest BCUT2D eigenvalue weighted by atomic mass is 127. The second-order valence-corrected chi connectivity index (χ2v) is 6.84. The van der Waals surface area contributed by atoms with Gasteiger partial charge in [0, 0.05) is 19.2 Å². The van der Waals surface area contributed by atoms with Crippen molar-refractivity contribution in [3.8, 4) is 0 Å². The number of hydrogen-bond acceptors (Lipinski definition) is 4. The molecule has 24 heavy (non-hydrogen) atoms. The summed E-state index contributed by atoms with van der Waals surface area (Å²) in [5.74, 6) is 0.755. The van der Waals surface area contributed by atoms with E-state index in [-0.39, 0.29) is 36.1 Å². The summed E-state index contributed by atoms with van der Waals surface area (Å²) >= 11 is 0. The molecular weight excluding hydrogens is 421 g/mol. The minimum atomic E-state index is -0.623. The fourth-order valence-electron chi connectivity index (χ4n) is 3.11. The highest BCUT2D eigenvalue weighted by Gasteiger charge is 2.29. The first-order chi connectivity index (χ1) is 11.1. The van der Waals surface area contributed by atoms with Crippen LogP contribution in [0.25, 0.3) is 0 Å². The quantitative estimate of drug-likeness (QED) is 0.311. The summed E-state index contributed by atoms with van der Waals surface area (Å²) in [6.45, 7) is 7.52. The number of rotatable bonds is 7. The maximum atomic E-state index is 10.6. The van der Waals surface area contributed by atoms with E-state index in [1.807, 2.05) is 6.92 Å². The Balaban J connectivity index is 0.00000288. The Labute approximate surface area is 163 Å². The van der Waals surface area contributed by atoms with Gasteiger partial charge in [-0.25, -0.2) is 0 Å². The van der Waals surface area contributed by atoms with Crippen LogP contribution in [0.1, 0.15) is 52.4 Å². The number of nitrogens with zero attached hydrogens (tertiary/aromatic N) is 1. The van der Waals surface area contributed by atoms with E-state index in [1.165, 1.54) is 6.42 Å². The Bertz CT molecular complexity index is 370. The molecule has 3 N–H and O–H groups in total. The Morgan fingerprint density at radius 2 is 2.12 bits per heavy atom. The van der Waals surface area contributed by atoms with Crippen LogP contribution in [0, 0.1) is 0 Å². The number of guanidine groups is 1. The van der Waals surface area contributed by atoms with Gasteiger partial charge in [-0.3, -0.25) is 4.99 Å². The van der Waals surface area contributed by atoms with Crippen molar-refractivity contribution in [2.45, 2.75) is 70.1 Å². The Kier molecular flexibility index (Phi) is 10.5. The highest BCUT2D eigenvalue weighted by molar-refractivity contribution is 14.0. The van der Waals surface area contributed by atoms with E-state index in [0.717, 1.165) is 51.2 Å². The standard InChI is InChI=1S/C17H33N3O3.HI/c1-3-18-16(19-13-17(21)8-5-4-6-9-17)20-14(2)11-23-15-7-10-22-12-15;/h14-15,21H,3-13H2,1-2H3,(H2,18,19,20);1H. The maximum Gasteiger partial charge on any atom is 0.191 e. The lowest BCUT2D eigenvalue weighted by atomic mass is 9.85. The lowest BCUT2D eigenvalue weighted by Gasteiger charge is -2.30. The van der Waals surface area contributed by atoms with Crippen molar-refractivity contribution in [2.24, 2.45) is 4.99 Å². The molecule has 0 aromatic carbocycles. The van der Waals surface area contributed by atoms with Crippen molar-refractivity contribution >= 4 is 29.9 Å². The second kappa shape index (κ2) is 11.5. The molecule has 0 spiro atoms. The fraction of sp³-hybridized carbons (Fsp3) is 0.941. The molecule has 1 aliphatic carbocycles. The molecule has 0 aromatic heterocycles. The monoisotopic (exact) mass is 455 g/mol. The third kappa shape index (κ3) is 7.84. The van der Waals surface area contributed by atoms with Crippen molar-refractivity contribution < 1.29 is 14.6 Å². The van der Waals surface area contributed by atoms with Gasteiger partial charge in [0.2, 0.25) is 0 Å². The van der Waals surface area contributed by atoms with Gasteiger partial charge >= 0.3 is 0 Å². The molecular formula is C17H34IN3O3. The average Bonchev–Trinajstić information content (AvgIpc) is 3.05. The average molecular weight is 455 g/mol. The third-order valence-corrected chi connectivity index (χ3v) is 4.51. The van der Waals surface area contributed by atoms with Crippen molar-refractivity contribution in [3.63, 3.8) is 0 Å². The third-order valence-electron chi connectivity index (χ3n) is 4.51. The molecule has 2 fully saturated rings. The summed E-state index contributed by atoms with van der Waals surface area (Å²) in [7, 11) is 0. The largest absolute Gasteiger partial charge is 0.388 e. The molecule has 2 rings (SSSR count). The fourth-order valence-corrected chi connectivity index (χ4v) is 3.11. The van der Waals surface area contributed by atoms with E-state index >= 15 is 0 Å². The number of aliphatic imine (C=N–C) groups is 1.